The molecule has 0 bridgehead atoms. The fourth-order valence-corrected chi connectivity index (χ4v) is 13.1. The van der Waals surface area contributed by atoms with Crippen LogP contribution in [0, 0.1) is 0 Å². The molecule has 0 amide bonds. The van der Waals surface area contributed by atoms with E-state index in [-0.39, 0.29) is 5.92 Å². The highest BCUT2D eigenvalue weighted by atomic mass is 14.4. The lowest BCUT2D eigenvalue weighted by Crippen LogP contribution is -1.93. The van der Waals surface area contributed by atoms with Crippen molar-refractivity contribution in [2.24, 2.45) is 0 Å². The molecule has 0 radical (unpaired) electrons. The predicted octanol–water partition coefficient (Wildman–Crippen LogP) is 18.7. The first-order valence-corrected chi connectivity index (χ1v) is 24.9. The van der Waals surface area contributed by atoms with Gasteiger partial charge in [0, 0.05) is 5.92 Å². The van der Waals surface area contributed by atoms with Crippen LogP contribution in [-0.4, -0.2) is 0 Å². The van der Waals surface area contributed by atoms with Crippen molar-refractivity contribution in [2.45, 2.75) is 5.92 Å². The monoisotopic (exact) mass is 894 g/mol. The van der Waals surface area contributed by atoms with E-state index in [1.54, 1.807) is 0 Å². The van der Waals surface area contributed by atoms with Crippen LogP contribution >= 0.6 is 0 Å². The number of benzene rings is 12. The summed E-state index contributed by atoms with van der Waals surface area (Å²) in [6, 6.07) is 81.6. The van der Waals surface area contributed by atoms with Gasteiger partial charge in [0.05, 0.1) is 0 Å². The molecule has 12 aromatic rings. The zero-order valence-corrected chi connectivity index (χ0v) is 38.7. The second kappa shape index (κ2) is 14.7. The Hall–Kier alpha value is -9.10. The highest BCUT2D eigenvalue weighted by Crippen LogP contribution is 2.55. The molecule has 71 heavy (non-hydrogen) atoms. The van der Waals surface area contributed by atoms with E-state index in [0.717, 1.165) is 0 Å². The highest BCUT2D eigenvalue weighted by molar-refractivity contribution is 6.21. The van der Waals surface area contributed by atoms with Crippen LogP contribution in [0.5, 0.6) is 0 Å². The molecule has 0 fully saturated rings. The lowest BCUT2D eigenvalue weighted by atomic mass is 9.93. The van der Waals surface area contributed by atoms with Crippen molar-refractivity contribution in [3.8, 4) is 33.4 Å². The maximum atomic E-state index is 2.55. The Morgan fingerprint density at radius 1 is 0.254 bits per heavy atom. The van der Waals surface area contributed by atoms with Crippen molar-refractivity contribution in [3.63, 3.8) is 0 Å². The third kappa shape index (κ3) is 5.56. The van der Waals surface area contributed by atoms with E-state index in [1.807, 2.05) is 0 Å². The maximum Gasteiger partial charge on any atom is 0.0291 e. The number of fused-ring (bicyclic) bond motifs is 21. The van der Waals surface area contributed by atoms with Crippen LogP contribution < -0.4 is 0 Å². The molecule has 0 nitrogen and oxygen atoms in total. The molecule has 0 heteroatoms. The molecule has 0 atom stereocenters. The summed E-state index contributed by atoms with van der Waals surface area (Å²) in [7, 11) is 0. The molecule has 0 heterocycles. The van der Waals surface area contributed by atoms with Crippen LogP contribution in [0.15, 0.2) is 265 Å². The summed E-state index contributed by atoms with van der Waals surface area (Å²) in [6.45, 7) is 0. The maximum absolute atomic E-state index is 2.55. The van der Waals surface area contributed by atoms with Crippen molar-refractivity contribution in [2.75, 3.05) is 0 Å². The van der Waals surface area contributed by atoms with E-state index < -0.39 is 0 Å². The topological polar surface area (TPSA) is 0 Å². The molecule has 0 aliphatic heterocycles. The van der Waals surface area contributed by atoms with E-state index in [2.05, 4.69) is 249 Å². The number of hydrogen-bond acceptors (Lipinski definition) is 0. The molecule has 12 aromatic carbocycles. The van der Waals surface area contributed by atoms with Crippen molar-refractivity contribution >= 4 is 75.8 Å². The Morgan fingerprint density at radius 3 is 0.831 bits per heavy atom. The van der Waals surface area contributed by atoms with Gasteiger partial charge in [-0.25, -0.2) is 0 Å². The van der Waals surface area contributed by atoms with E-state index in [4.69, 9.17) is 0 Å². The van der Waals surface area contributed by atoms with E-state index in [1.165, 1.54) is 159 Å². The van der Waals surface area contributed by atoms with Crippen LogP contribution in [0.4, 0.5) is 0 Å². The third-order valence-corrected chi connectivity index (χ3v) is 16.2. The van der Waals surface area contributed by atoms with Crippen LogP contribution in [0.2, 0.25) is 0 Å². The Morgan fingerprint density at radius 2 is 0.521 bits per heavy atom. The average Bonchev–Trinajstić information content (AvgIpc) is 4.17. The second-order valence-electron chi connectivity index (χ2n) is 19.8. The van der Waals surface area contributed by atoms with Gasteiger partial charge in [-0.15, -0.1) is 0 Å². The minimum absolute atomic E-state index is 0.0777. The summed E-state index contributed by atoms with van der Waals surface area (Å²) in [5.74, 6) is 0.0777. The van der Waals surface area contributed by atoms with Gasteiger partial charge in [0.2, 0.25) is 0 Å². The highest BCUT2D eigenvalue weighted by Gasteiger charge is 2.33. The normalized spacial score (nSPS) is 14.2. The summed E-state index contributed by atoms with van der Waals surface area (Å²) >= 11 is 0. The number of rotatable bonds is 3. The summed E-state index contributed by atoms with van der Waals surface area (Å²) in [5, 5.41) is 15.4. The van der Waals surface area contributed by atoms with E-state index >= 15 is 0 Å². The zero-order valence-electron chi connectivity index (χ0n) is 38.7. The predicted molar refractivity (Wildman–Crippen MR) is 301 cm³/mol. The van der Waals surface area contributed by atoms with Crippen molar-refractivity contribution in [1.82, 2.24) is 0 Å². The van der Waals surface area contributed by atoms with Gasteiger partial charge < -0.3 is 0 Å². The van der Waals surface area contributed by atoms with Crippen LogP contribution in [0.1, 0.15) is 39.3 Å². The van der Waals surface area contributed by atoms with Crippen LogP contribution in [0.25, 0.3) is 109 Å². The second-order valence-corrected chi connectivity index (χ2v) is 19.8. The molecular formula is C71H42. The minimum Gasteiger partial charge on any atom is -0.0653 e. The van der Waals surface area contributed by atoms with Gasteiger partial charge in [0.25, 0.3) is 0 Å². The van der Waals surface area contributed by atoms with E-state index in [0.29, 0.717) is 0 Å². The Balaban J connectivity index is 0.962. The van der Waals surface area contributed by atoms with E-state index in [9.17, 15) is 0 Å². The fraction of sp³-hybridized carbons (Fsp3) is 0.0141. The molecular weight excluding hydrogens is 853 g/mol. The molecule has 0 saturated carbocycles. The average molecular weight is 895 g/mol. The summed E-state index contributed by atoms with van der Waals surface area (Å²) in [4.78, 5) is 0. The first kappa shape index (κ1) is 38.8. The van der Waals surface area contributed by atoms with Gasteiger partial charge in [-0.05, 0) is 184 Å². The number of allylic oxidation sites excluding steroid dienone is 8. The first-order valence-electron chi connectivity index (χ1n) is 24.9. The van der Waals surface area contributed by atoms with Crippen molar-refractivity contribution in [1.29, 1.82) is 0 Å². The van der Waals surface area contributed by atoms with Gasteiger partial charge in [0.1, 0.15) is 0 Å². The molecule has 326 valence electrons. The fourth-order valence-electron chi connectivity index (χ4n) is 13.1. The van der Waals surface area contributed by atoms with Gasteiger partial charge in [-0.3, -0.25) is 0 Å². The molecule has 4 aliphatic rings. The quantitative estimate of drug-likeness (QED) is 0.166. The van der Waals surface area contributed by atoms with Crippen LogP contribution in [0.3, 0.4) is 0 Å². The summed E-state index contributed by atoms with van der Waals surface area (Å²) in [6.07, 6.45) is 12.5. The van der Waals surface area contributed by atoms with Crippen molar-refractivity contribution < 1.29 is 0 Å². The third-order valence-electron chi connectivity index (χ3n) is 16.2. The molecule has 0 N–H and O–H groups in total. The van der Waals surface area contributed by atoms with Gasteiger partial charge >= 0.3 is 0 Å². The Kier molecular flexibility index (Phi) is 8.04. The smallest absolute Gasteiger partial charge is 0.0291 e. The SMILES string of the molecule is C(=C1C=C(C=C2c3ccc4ccccc4c3-c3c2ccc2ccccc32)C(C=C2c3ccc4ccccc4c3-c3c2ccc2ccccc32)=C1)C1c2ccc3ccccc3c2-c2c1ccc1ccccc21. The zero-order chi connectivity index (χ0) is 46.3. The molecule has 0 aromatic heterocycles. The Labute approximate surface area is 411 Å². The lowest BCUT2D eigenvalue weighted by Gasteiger charge is -2.10. The standard InChI is InChI=1S/C71H42/c1-7-19-51-43(13-1)25-31-57-63(58-32-26-44-14-2-8-20-52(44)67(58)66(51)57)39-42-37-49(40-64-59-33-27-45-15-3-9-21-53(45)68(59)69-54-22-10-4-16-46(54)28-34-60(64)69)50(38-42)41-65-61-35-29-47-17-5-11-23-55(47)70(61)71-56-24-12-6-18-48(56)30-36-62(65)71/h1-41,63H. The molecule has 0 spiro atoms. The first-order chi connectivity index (χ1) is 35.2. The summed E-state index contributed by atoms with van der Waals surface area (Å²) in [5.41, 5.74) is 22.1. The van der Waals surface area contributed by atoms with Crippen LogP contribution in [-0.2, 0) is 0 Å². The molecule has 4 aliphatic carbocycles. The Bertz CT molecular complexity index is 4100. The van der Waals surface area contributed by atoms with Gasteiger partial charge in [0.15, 0.2) is 0 Å². The van der Waals surface area contributed by atoms with Gasteiger partial charge in [-0.1, -0.05) is 224 Å². The van der Waals surface area contributed by atoms with Gasteiger partial charge in [-0.2, -0.15) is 0 Å². The van der Waals surface area contributed by atoms with Crippen molar-refractivity contribution in [3.05, 3.63) is 299 Å². The minimum atomic E-state index is 0.0777. The molecule has 0 saturated heterocycles. The molecule has 0 unspecified atom stereocenters. The molecule has 16 rings (SSSR count). The lowest BCUT2D eigenvalue weighted by molar-refractivity contribution is 1.07. The largest absolute Gasteiger partial charge is 0.0653 e. The number of hydrogen-bond donors (Lipinski definition) is 0. The summed E-state index contributed by atoms with van der Waals surface area (Å²) < 4.78 is 0.